The highest BCUT2D eigenvalue weighted by Gasteiger charge is 2.33. The van der Waals surface area contributed by atoms with Crippen LogP contribution in [-0.4, -0.2) is 47.8 Å². The first-order valence-corrected chi connectivity index (χ1v) is 12.8. The van der Waals surface area contributed by atoms with E-state index in [0.717, 1.165) is 51.9 Å². The second-order valence-corrected chi connectivity index (χ2v) is 9.61. The Bertz CT molecular complexity index is 889. The van der Waals surface area contributed by atoms with Crippen LogP contribution in [0.5, 0.6) is 11.5 Å². The topological polar surface area (TPSA) is 76.7 Å². The molecule has 0 saturated carbocycles. The zero-order valence-electron chi connectivity index (χ0n) is 18.6. The number of sulfone groups is 1. The standard InChI is InChI=1S/C24H34N2O4S/c1-3-11-25-13-5-15-29-19-7-9-23-21(17-19)22-18-20(8-10-24(22)31(23,27)28)30-16-6-14-26-12-4-2/h7-10,17-18,25-26H,3-6,11-16H2,1-2H3. The van der Waals surface area contributed by atoms with Crippen LogP contribution in [-0.2, 0) is 9.84 Å². The minimum absolute atomic E-state index is 0.334. The lowest BCUT2D eigenvalue weighted by atomic mass is 10.1. The van der Waals surface area contributed by atoms with Crippen molar-refractivity contribution in [2.24, 2.45) is 0 Å². The molecule has 7 heteroatoms. The second-order valence-electron chi connectivity index (χ2n) is 7.72. The van der Waals surface area contributed by atoms with Crippen molar-refractivity contribution in [3.63, 3.8) is 0 Å². The summed E-state index contributed by atoms with van der Waals surface area (Å²) in [6, 6.07) is 10.4. The molecule has 2 aromatic rings. The highest BCUT2D eigenvalue weighted by atomic mass is 32.2. The molecule has 2 N–H and O–H groups in total. The van der Waals surface area contributed by atoms with Crippen LogP contribution in [0.1, 0.15) is 39.5 Å². The van der Waals surface area contributed by atoms with Crippen molar-refractivity contribution >= 4 is 9.84 Å². The zero-order valence-corrected chi connectivity index (χ0v) is 19.4. The van der Waals surface area contributed by atoms with E-state index >= 15 is 0 Å². The lowest BCUT2D eigenvalue weighted by Crippen LogP contribution is -2.18. The largest absolute Gasteiger partial charge is 0.494 e. The zero-order chi connectivity index (χ0) is 22.1. The Labute approximate surface area is 186 Å². The summed E-state index contributed by atoms with van der Waals surface area (Å²) >= 11 is 0. The number of fused-ring (bicyclic) bond motifs is 3. The van der Waals surface area contributed by atoms with Gasteiger partial charge in [-0.3, -0.25) is 0 Å². The third-order valence-corrected chi connectivity index (χ3v) is 7.03. The van der Waals surface area contributed by atoms with Gasteiger partial charge in [-0.25, -0.2) is 8.42 Å². The van der Waals surface area contributed by atoms with E-state index in [1.165, 1.54) is 0 Å². The molecule has 1 aliphatic heterocycles. The Kier molecular flexibility index (Phi) is 8.75. The summed E-state index contributed by atoms with van der Waals surface area (Å²) in [6.07, 6.45) is 4.02. The van der Waals surface area contributed by atoms with Crippen LogP contribution < -0.4 is 20.1 Å². The van der Waals surface area contributed by atoms with Gasteiger partial charge < -0.3 is 20.1 Å². The number of nitrogens with one attached hydrogen (secondary N) is 2. The van der Waals surface area contributed by atoms with Gasteiger partial charge in [-0.05, 0) is 88.3 Å². The van der Waals surface area contributed by atoms with Gasteiger partial charge in [0.1, 0.15) is 11.5 Å². The molecule has 1 aliphatic rings. The molecule has 0 radical (unpaired) electrons. The molecule has 0 saturated heterocycles. The highest BCUT2D eigenvalue weighted by Crippen LogP contribution is 2.45. The summed E-state index contributed by atoms with van der Waals surface area (Å²) in [4.78, 5) is 0.667. The van der Waals surface area contributed by atoms with Gasteiger partial charge in [0.25, 0.3) is 0 Å². The van der Waals surface area contributed by atoms with Crippen molar-refractivity contribution in [1.29, 1.82) is 0 Å². The molecule has 3 rings (SSSR count). The summed E-state index contributed by atoms with van der Waals surface area (Å²) in [7, 11) is -3.50. The normalized spacial score (nSPS) is 13.6. The Morgan fingerprint density at radius 3 is 1.58 bits per heavy atom. The molecule has 0 spiro atoms. The van der Waals surface area contributed by atoms with E-state index in [4.69, 9.17) is 9.47 Å². The Balaban J connectivity index is 1.67. The van der Waals surface area contributed by atoms with Crippen LogP contribution in [0.2, 0.25) is 0 Å². The van der Waals surface area contributed by atoms with Gasteiger partial charge in [0.05, 0.1) is 23.0 Å². The van der Waals surface area contributed by atoms with Crippen LogP contribution >= 0.6 is 0 Å². The predicted octanol–water partition coefficient (Wildman–Crippen LogP) is 4.04. The SMILES string of the molecule is CCCNCCCOc1ccc2c(c1)-c1cc(OCCCNCCC)ccc1S2(=O)=O. The third-order valence-electron chi connectivity index (χ3n) is 5.16. The van der Waals surface area contributed by atoms with Gasteiger partial charge in [0.15, 0.2) is 0 Å². The van der Waals surface area contributed by atoms with Crippen LogP contribution in [0, 0.1) is 0 Å². The van der Waals surface area contributed by atoms with E-state index < -0.39 is 9.84 Å². The van der Waals surface area contributed by atoms with Crippen LogP contribution in [0.15, 0.2) is 46.2 Å². The van der Waals surface area contributed by atoms with Gasteiger partial charge in [-0.1, -0.05) is 13.8 Å². The van der Waals surface area contributed by atoms with E-state index in [-0.39, 0.29) is 0 Å². The van der Waals surface area contributed by atoms with E-state index in [1.807, 2.05) is 12.1 Å². The maximum Gasteiger partial charge on any atom is 0.207 e. The number of ether oxygens (including phenoxy) is 2. The van der Waals surface area contributed by atoms with Gasteiger partial charge in [-0.15, -0.1) is 0 Å². The minimum Gasteiger partial charge on any atom is -0.494 e. The van der Waals surface area contributed by atoms with Crippen molar-refractivity contribution in [3.05, 3.63) is 36.4 Å². The summed E-state index contributed by atoms with van der Waals surface area (Å²) in [6.45, 7) is 9.28. The third kappa shape index (κ3) is 5.99. The van der Waals surface area contributed by atoms with Crippen molar-refractivity contribution in [2.75, 3.05) is 39.4 Å². The van der Waals surface area contributed by atoms with Crippen molar-refractivity contribution in [2.45, 2.75) is 49.3 Å². The molecule has 170 valence electrons. The van der Waals surface area contributed by atoms with Crippen molar-refractivity contribution in [1.82, 2.24) is 10.6 Å². The van der Waals surface area contributed by atoms with E-state index in [2.05, 4.69) is 24.5 Å². The first kappa shape index (κ1) is 23.6. The monoisotopic (exact) mass is 446 g/mol. The molecule has 0 aliphatic carbocycles. The molecule has 0 atom stereocenters. The number of rotatable bonds is 14. The molecular formula is C24H34N2O4S. The number of benzene rings is 2. The molecule has 0 unspecified atom stereocenters. The minimum atomic E-state index is -3.50. The molecule has 1 heterocycles. The molecular weight excluding hydrogens is 412 g/mol. The average molecular weight is 447 g/mol. The molecule has 2 aromatic carbocycles. The molecule has 31 heavy (non-hydrogen) atoms. The van der Waals surface area contributed by atoms with E-state index in [0.29, 0.717) is 45.6 Å². The van der Waals surface area contributed by atoms with Crippen LogP contribution in [0.25, 0.3) is 11.1 Å². The number of hydrogen-bond donors (Lipinski definition) is 2. The smallest absolute Gasteiger partial charge is 0.207 e. The predicted molar refractivity (Wildman–Crippen MR) is 124 cm³/mol. The van der Waals surface area contributed by atoms with Crippen LogP contribution in [0.4, 0.5) is 0 Å². The van der Waals surface area contributed by atoms with Gasteiger partial charge >= 0.3 is 0 Å². The quantitative estimate of drug-likeness (QED) is 0.364. The van der Waals surface area contributed by atoms with Gasteiger partial charge in [0.2, 0.25) is 9.84 Å². The summed E-state index contributed by atoms with van der Waals surface area (Å²) in [5.41, 5.74) is 1.37. The van der Waals surface area contributed by atoms with Crippen molar-refractivity contribution < 1.29 is 17.9 Å². The fraction of sp³-hybridized carbons (Fsp3) is 0.500. The van der Waals surface area contributed by atoms with Crippen LogP contribution in [0.3, 0.4) is 0 Å². The van der Waals surface area contributed by atoms with Gasteiger partial charge in [-0.2, -0.15) is 0 Å². The maximum atomic E-state index is 12.9. The fourth-order valence-electron chi connectivity index (χ4n) is 3.58. The summed E-state index contributed by atoms with van der Waals surface area (Å²) < 4.78 is 37.6. The first-order valence-electron chi connectivity index (χ1n) is 11.3. The molecule has 0 aromatic heterocycles. The second kappa shape index (κ2) is 11.5. The Morgan fingerprint density at radius 2 is 1.16 bits per heavy atom. The maximum absolute atomic E-state index is 12.9. The molecule has 0 amide bonds. The van der Waals surface area contributed by atoms with Gasteiger partial charge in [0, 0.05) is 11.1 Å². The van der Waals surface area contributed by atoms with E-state index in [1.54, 1.807) is 24.3 Å². The summed E-state index contributed by atoms with van der Waals surface area (Å²) in [5.74, 6) is 1.37. The highest BCUT2D eigenvalue weighted by molar-refractivity contribution is 7.92. The first-order chi connectivity index (χ1) is 15.1. The molecule has 0 bridgehead atoms. The van der Waals surface area contributed by atoms with E-state index in [9.17, 15) is 8.42 Å². The summed E-state index contributed by atoms with van der Waals surface area (Å²) in [5, 5.41) is 6.69. The lowest BCUT2D eigenvalue weighted by molar-refractivity contribution is 0.307. The lowest BCUT2D eigenvalue weighted by Gasteiger charge is -2.10. The Morgan fingerprint density at radius 1 is 0.710 bits per heavy atom. The molecule has 6 nitrogen and oxygen atoms in total. The fourth-order valence-corrected chi connectivity index (χ4v) is 5.23. The molecule has 0 fully saturated rings. The average Bonchev–Trinajstić information content (AvgIpc) is 2.99. The number of hydrogen-bond acceptors (Lipinski definition) is 6. The Hall–Kier alpha value is -2.09. The van der Waals surface area contributed by atoms with Crippen molar-refractivity contribution in [3.8, 4) is 22.6 Å².